The van der Waals surface area contributed by atoms with Gasteiger partial charge in [0.1, 0.15) is 17.8 Å². The molecule has 8 nitrogen and oxygen atoms in total. The standard InChI is InChI=1S/C18H21NO4S.C12H18N2O/c1-14-3-8-18(11-15(14)12-20)24-19-16-4-6-17(7-5-16)23-13-22-10-9-21-2;1-13-7-9-14(10-8-13)11-5-3-4-6-12(11)15-2/h3-8,11-12,19H,9-10,13H2,1-2H3;3-6H,7-10H2,1-2H3. The minimum Gasteiger partial charge on any atom is -0.495 e. The van der Waals surface area contributed by atoms with E-state index in [0.29, 0.717) is 18.8 Å². The Kier molecular flexibility index (Phi) is 12.9. The summed E-state index contributed by atoms with van der Waals surface area (Å²) in [5, 5.41) is 0. The zero-order valence-corrected chi connectivity index (χ0v) is 24.0. The van der Waals surface area contributed by atoms with Gasteiger partial charge in [0, 0.05) is 49.4 Å². The van der Waals surface area contributed by atoms with Crippen molar-refractivity contribution < 1.29 is 23.7 Å². The number of aldehydes is 1. The van der Waals surface area contributed by atoms with Crippen molar-refractivity contribution >= 4 is 29.6 Å². The van der Waals surface area contributed by atoms with Crippen LogP contribution in [0.25, 0.3) is 0 Å². The first-order valence-corrected chi connectivity index (χ1v) is 13.7. The number of ether oxygens (including phenoxy) is 4. The van der Waals surface area contributed by atoms with Gasteiger partial charge in [0.15, 0.2) is 6.79 Å². The first-order valence-electron chi connectivity index (χ1n) is 12.9. The average Bonchev–Trinajstić information content (AvgIpc) is 2.98. The highest BCUT2D eigenvalue weighted by atomic mass is 32.2. The number of carbonyl (C=O) groups excluding carboxylic acids is 1. The van der Waals surface area contributed by atoms with E-state index in [-0.39, 0.29) is 6.79 Å². The molecule has 3 aromatic carbocycles. The van der Waals surface area contributed by atoms with E-state index in [9.17, 15) is 4.79 Å². The zero-order chi connectivity index (χ0) is 27.9. The molecule has 0 saturated carbocycles. The van der Waals surface area contributed by atoms with Crippen LogP contribution in [0.15, 0.2) is 71.6 Å². The van der Waals surface area contributed by atoms with E-state index in [2.05, 4.69) is 33.7 Å². The lowest BCUT2D eigenvalue weighted by atomic mass is 10.1. The number of likely N-dealkylation sites (N-methyl/N-ethyl adjacent to an activating group) is 1. The molecular formula is C30H39N3O5S. The van der Waals surface area contributed by atoms with E-state index in [4.69, 9.17) is 18.9 Å². The van der Waals surface area contributed by atoms with Crippen LogP contribution in [0, 0.1) is 6.92 Å². The lowest BCUT2D eigenvalue weighted by Gasteiger charge is -2.34. The van der Waals surface area contributed by atoms with Gasteiger partial charge in [-0.3, -0.25) is 4.79 Å². The maximum atomic E-state index is 11.0. The molecule has 0 amide bonds. The number of rotatable bonds is 12. The smallest absolute Gasteiger partial charge is 0.189 e. The molecule has 0 aliphatic carbocycles. The Labute approximate surface area is 236 Å². The highest BCUT2D eigenvalue weighted by molar-refractivity contribution is 8.00. The number of nitrogens with one attached hydrogen (secondary N) is 1. The Bertz CT molecular complexity index is 1140. The lowest BCUT2D eigenvalue weighted by molar-refractivity contribution is -0.00846. The van der Waals surface area contributed by atoms with Crippen LogP contribution >= 0.6 is 11.9 Å². The summed E-state index contributed by atoms with van der Waals surface area (Å²) in [6.07, 6.45) is 0.875. The van der Waals surface area contributed by atoms with Crippen molar-refractivity contribution in [2.24, 2.45) is 0 Å². The number of para-hydroxylation sites is 2. The summed E-state index contributed by atoms with van der Waals surface area (Å²) < 4.78 is 24.2. The first kappa shape index (κ1) is 30.3. The average molecular weight is 554 g/mol. The van der Waals surface area contributed by atoms with Crippen LogP contribution in [0.5, 0.6) is 11.5 Å². The Hall–Kier alpha value is -3.24. The van der Waals surface area contributed by atoms with E-state index in [1.165, 1.54) is 17.6 Å². The minimum atomic E-state index is 0.197. The van der Waals surface area contributed by atoms with Gasteiger partial charge in [0.05, 0.1) is 26.0 Å². The summed E-state index contributed by atoms with van der Waals surface area (Å²) in [6.45, 7) is 7.58. The third-order valence-corrected chi connectivity index (χ3v) is 7.02. The van der Waals surface area contributed by atoms with Crippen LogP contribution in [-0.4, -0.2) is 78.6 Å². The molecule has 39 heavy (non-hydrogen) atoms. The van der Waals surface area contributed by atoms with E-state index < -0.39 is 0 Å². The molecule has 0 spiro atoms. The zero-order valence-electron chi connectivity index (χ0n) is 23.2. The summed E-state index contributed by atoms with van der Waals surface area (Å²) in [7, 11) is 5.53. The van der Waals surface area contributed by atoms with E-state index in [0.717, 1.165) is 60.1 Å². The maximum absolute atomic E-state index is 11.0. The molecule has 9 heteroatoms. The molecular weight excluding hydrogens is 514 g/mol. The van der Waals surface area contributed by atoms with Crippen LogP contribution in [-0.2, 0) is 9.47 Å². The fourth-order valence-electron chi connectivity index (χ4n) is 3.80. The van der Waals surface area contributed by atoms with Crippen molar-refractivity contribution in [3.8, 4) is 11.5 Å². The van der Waals surface area contributed by atoms with Gasteiger partial charge in [0.25, 0.3) is 0 Å². The van der Waals surface area contributed by atoms with Crippen molar-refractivity contribution in [2.75, 3.05) is 77.1 Å². The first-order chi connectivity index (χ1) is 19.0. The van der Waals surface area contributed by atoms with Crippen molar-refractivity contribution in [1.82, 2.24) is 4.90 Å². The van der Waals surface area contributed by atoms with E-state index >= 15 is 0 Å². The van der Waals surface area contributed by atoms with Gasteiger partial charge >= 0.3 is 0 Å². The fourth-order valence-corrected chi connectivity index (χ4v) is 4.49. The van der Waals surface area contributed by atoms with E-state index in [1.54, 1.807) is 14.2 Å². The number of piperazine rings is 1. The molecule has 0 unspecified atom stereocenters. The molecule has 1 aliphatic rings. The number of aryl methyl sites for hydroxylation is 1. The second-order valence-electron chi connectivity index (χ2n) is 8.99. The maximum Gasteiger partial charge on any atom is 0.189 e. The van der Waals surface area contributed by atoms with Gasteiger partial charge in [-0.25, -0.2) is 0 Å². The molecule has 1 fully saturated rings. The van der Waals surface area contributed by atoms with Gasteiger partial charge in [0.2, 0.25) is 0 Å². The molecule has 1 N–H and O–H groups in total. The molecule has 0 radical (unpaired) electrons. The monoisotopic (exact) mass is 553 g/mol. The van der Waals surface area contributed by atoms with Crippen molar-refractivity contribution in [1.29, 1.82) is 0 Å². The number of methoxy groups -OCH3 is 2. The Balaban J connectivity index is 0.000000239. The number of nitrogens with zero attached hydrogens (tertiary/aromatic N) is 2. The second kappa shape index (κ2) is 16.7. The third kappa shape index (κ3) is 10.1. The van der Waals surface area contributed by atoms with Crippen LogP contribution < -0.4 is 19.1 Å². The molecule has 210 valence electrons. The Morgan fingerprint density at radius 1 is 0.949 bits per heavy atom. The quantitative estimate of drug-likeness (QED) is 0.138. The van der Waals surface area contributed by atoms with Gasteiger partial charge in [-0.05, 0) is 80.0 Å². The largest absolute Gasteiger partial charge is 0.495 e. The topological polar surface area (TPSA) is 72.5 Å². The molecule has 0 bridgehead atoms. The molecule has 0 atom stereocenters. The molecule has 1 saturated heterocycles. The predicted octanol–water partition coefficient (Wildman–Crippen LogP) is 5.37. The lowest BCUT2D eigenvalue weighted by Crippen LogP contribution is -2.44. The number of hydrogen-bond donors (Lipinski definition) is 1. The normalized spacial score (nSPS) is 13.3. The van der Waals surface area contributed by atoms with Gasteiger partial charge in [-0.1, -0.05) is 18.2 Å². The summed E-state index contributed by atoms with van der Waals surface area (Å²) in [5.41, 5.74) is 3.84. The van der Waals surface area contributed by atoms with Crippen LogP contribution in [0.3, 0.4) is 0 Å². The van der Waals surface area contributed by atoms with Crippen LogP contribution in [0.1, 0.15) is 15.9 Å². The summed E-state index contributed by atoms with van der Waals surface area (Å²) in [6, 6.07) is 21.6. The fraction of sp³-hybridized carbons (Fsp3) is 0.367. The Morgan fingerprint density at radius 3 is 2.38 bits per heavy atom. The number of carbonyl (C=O) groups is 1. The predicted molar refractivity (Wildman–Crippen MR) is 159 cm³/mol. The number of benzene rings is 3. The molecule has 4 rings (SSSR count). The van der Waals surface area contributed by atoms with Gasteiger partial charge in [-0.15, -0.1) is 0 Å². The number of anilines is 2. The molecule has 1 heterocycles. The highest BCUT2D eigenvalue weighted by Crippen LogP contribution is 2.28. The SMILES string of the molecule is COCCOCOc1ccc(NSc2ccc(C)c(C=O)c2)cc1.COc1ccccc1N1CCN(C)CC1. The second-order valence-corrected chi connectivity index (χ2v) is 9.87. The van der Waals surface area contributed by atoms with Crippen LogP contribution in [0.2, 0.25) is 0 Å². The third-order valence-electron chi connectivity index (χ3n) is 6.19. The Morgan fingerprint density at radius 2 is 1.69 bits per heavy atom. The minimum absolute atomic E-state index is 0.197. The van der Waals surface area contributed by atoms with Crippen molar-refractivity contribution in [2.45, 2.75) is 11.8 Å². The van der Waals surface area contributed by atoms with Crippen molar-refractivity contribution in [3.05, 3.63) is 77.9 Å². The molecule has 0 aromatic heterocycles. The summed E-state index contributed by atoms with van der Waals surface area (Å²) in [5.74, 6) is 1.71. The highest BCUT2D eigenvalue weighted by Gasteiger charge is 2.16. The van der Waals surface area contributed by atoms with Gasteiger partial charge in [-0.2, -0.15) is 0 Å². The van der Waals surface area contributed by atoms with Crippen LogP contribution in [0.4, 0.5) is 11.4 Å². The van der Waals surface area contributed by atoms with E-state index in [1.807, 2.05) is 61.5 Å². The summed E-state index contributed by atoms with van der Waals surface area (Å²) in [4.78, 5) is 16.7. The van der Waals surface area contributed by atoms with Gasteiger partial charge < -0.3 is 33.5 Å². The van der Waals surface area contributed by atoms with Crippen molar-refractivity contribution in [3.63, 3.8) is 0 Å². The molecule has 3 aromatic rings. The number of hydrogen-bond acceptors (Lipinski definition) is 9. The summed E-state index contributed by atoms with van der Waals surface area (Å²) >= 11 is 1.46. The molecule has 1 aliphatic heterocycles.